The summed E-state index contributed by atoms with van der Waals surface area (Å²) in [5, 5.41) is 0.822. The van der Waals surface area contributed by atoms with E-state index in [9.17, 15) is 19.2 Å². The Kier molecular flexibility index (Phi) is 20.7. The van der Waals surface area contributed by atoms with E-state index < -0.39 is 17.7 Å². The van der Waals surface area contributed by atoms with Gasteiger partial charge in [-0.3, -0.25) is 29.0 Å². The predicted molar refractivity (Wildman–Crippen MR) is 233 cm³/mol. The van der Waals surface area contributed by atoms with Crippen LogP contribution in [0, 0.1) is 13.8 Å². The lowest BCUT2D eigenvalue weighted by Crippen LogP contribution is -2.44. The number of benzene rings is 2. The standard InChI is InChI=1S/C46H64N2O12S/c1-33-31-36-41-40-37(44(50)47(45(51)39(33)40)15-9-5-7-11-17-55-23-25-59-29-27-57-21-19-53-3)32-35(38-14-13-34(2)61-38)42(41)46(52)48(43(36)49)16-10-6-8-12-18-56-24-26-60-30-28-58-22-20-54-4/h13-14,31-32H,5-12,15-30H2,1-4H3. The number of methoxy groups -OCH3 is 2. The van der Waals surface area contributed by atoms with Crippen LogP contribution < -0.4 is 0 Å². The molecule has 0 radical (unpaired) electrons. The van der Waals surface area contributed by atoms with Crippen LogP contribution in [0.4, 0.5) is 0 Å². The minimum Gasteiger partial charge on any atom is -0.382 e. The van der Waals surface area contributed by atoms with Gasteiger partial charge in [-0.15, -0.1) is 11.3 Å². The Bertz CT molecular complexity index is 1900. The number of nitrogens with zero attached hydrogens (tertiary/aromatic N) is 2. The van der Waals surface area contributed by atoms with Crippen LogP contribution in [0.1, 0.15) is 103 Å². The number of carbonyl (C=O) groups is 4. The molecule has 3 aromatic rings. The van der Waals surface area contributed by atoms with Gasteiger partial charge < -0.3 is 37.9 Å². The number of unbranched alkanes of at least 4 members (excludes halogenated alkanes) is 6. The zero-order valence-corrected chi connectivity index (χ0v) is 37.3. The first-order chi connectivity index (χ1) is 29.8. The van der Waals surface area contributed by atoms with Gasteiger partial charge in [-0.2, -0.15) is 0 Å². The van der Waals surface area contributed by atoms with Crippen molar-refractivity contribution in [2.45, 2.75) is 65.2 Å². The molecule has 2 aliphatic rings. The minimum absolute atomic E-state index is 0.267. The lowest BCUT2D eigenvalue weighted by atomic mass is 9.81. The second-order valence-electron chi connectivity index (χ2n) is 15.1. The summed E-state index contributed by atoms with van der Waals surface area (Å²) in [5.74, 6) is -1.58. The molecule has 15 heteroatoms. The molecule has 1 aromatic heterocycles. The maximum absolute atomic E-state index is 14.5. The van der Waals surface area contributed by atoms with E-state index >= 15 is 0 Å². The third-order valence-corrected chi connectivity index (χ3v) is 11.7. The average molecular weight is 869 g/mol. The van der Waals surface area contributed by atoms with E-state index in [0.717, 1.165) is 48.3 Å². The van der Waals surface area contributed by atoms with Gasteiger partial charge in [0.05, 0.1) is 90.4 Å². The van der Waals surface area contributed by atoms with Crippen molar-refractivity contribution < 1.29 is 57.1 Å². The molecule has 2 aromatic carbocycles. The topological polar surface area (TPSA) is 149 Å². The van der Waals surface area contributed by atoms with Gasteiger partial charge in [-0.05, 0) is 69.4 Å². The molecule has 14 nitrogen and oxygen atoms in total. The Labute approximate surface area is 364 Å². The van der Waals surface area contributed by atoms with Gasteiger partial charge in [0.1, 0.15) is 0 Å². The number of aryl methyl sites for hydroxylation is 2. The predicted octanol–water partition coefficient (Wildman–Crippen LogP) is 6.89. The van der Waals surface area contributed by atoms with Crippen molar-refractivity contribution in [3.05, 3.63) is 57.0 Å². The lowest BCUT2D eigenvalue weighted by molar-refractivity contribution is 0.00322. The van der Waals surface area contributed by atoms with E-state index in [1.165, 1.54) is 21.1 Å². The maximum Gasteiger partial charge on any atom is 0.262 e. The Morgan fingerprint density at radius 1 is 0.443 bits per heavy atom. The van der Waals surface area contributed by atoms with E-state index in [1.807, 2.05) is 19.1 Å². The van der Waals surface area contributed by atoms with Crippen LogP contribution in [0.5, 0.6) is 0 Å². The van der Waals surface area contributed by atoms with Gasteiger partial charge in [-0.1, -0.05) is 25.7 Å². The van der Waals surface area contributed by atoms with Crippen LogP contribution in [0.25, 0.3) is 21.2 Å². The van der Waals surface area contributed by atoms with Crippen LogP contribution in [-0.4, -0.2) is 153 Å². The summed E-state index contributed by atoms with van der Waals surface area (Å²) in [4.78, 5) is 61.6. The van der Waals surface area contributed by atoms with Crippen molar-refractivity contribution >= 4 is 45.7 Å². The highest BCUT2D eigenvalue weighted by Gasteiger charge is 2.42. The molecule has 61 heavy (non-hydrogen) atoms. The quantitative estimate of drug-likeness (QED) is 0.0464. The van der Waals surface area contributed by atoms with Crippen molar-refractivity contribution in [2.75, 3.05) is 120 Å². The first-order valence-electron chi connectivity index (χ1n) is 21.7. The fourth-order valence-electron chi connectivity index (χ4n) is 7.55. The van der Waals surface area contributed by atoms with E-state index in [4.69, 9.17) is 37.9 Å². The van der Waals surface area contributed by atoms with Gasteiger partial charge in [0.2, 0.25) is 0 Å². The largest absolute Gasteiger partial charge is 0.382 e. The molecule has 0 bridgehead atoms. The number of amides is 4. The first kappa shape index (κ1) is 48.4. The van der Waals surface area contributed by atoms with E-state index in [0.29, 0.717) is 149 Å². The van der Waals surface area contributed by atoms with Crippen molar-refractivity contribution in [2.24, 2.45) is 0 Å². The van der Waals surface area contributed by atoms with Crippen molar-refractivity contribution in [3.63, 3.8) is 0 Å². The first-order valence-corrected chi connectivity index (χ1v) is 22.5. The zero-order chi connectivity index (χ0) is 43.4. The van der Waals surface area contributed by atoms with Gasteiger partial charge >= 0.3 is 0 Å². The fraction of sp³-hybridized carbons (Fsp3) is 0.609. The summed E-state index contributed by atoms with van der Waals surface area (Å²) in [6.07, 6.45) is 6.43. The molecule has 5 rings (SSSR count). The lowest BCUT2D eigenvalue weighted by Gasteiger charge is -2.34. The van der Waals surface area contributed by atoms with E-state index in [-0.39, 0.29) is 19.0 Å². The SMILES string of the molecule is COCCOCCOCCOCCCCCCN1C(=O)c2cc(-c3ccc(C)s3)c3c4c(cc(C)c(c24)C1=O)C(=O)N(CCCCCCOCCOCCOCCOC)C3=O. The number of rotatable bonds is 33. The molecule has 3 heterocycles. The normalized spacial score (nSPS) is 13.8. The Hall–Kier alpha value is -3.64. The minimum atomic E-state index is -0.398. The van der Waals surface area contributed by atoms with Crippen molar-refractivity contribution in [3.8, 4) is 10.4 Å². The molecule has 4 amide bonds. The number of thiophene rings is 1. The van der Waals surface area contributed by atoms with Gasteiger partial charge in [0.25, 0.3) is 23.6 Å². The molecule has 0 N–H and O–H groups in total. The summed E-state index contributed by atoms with van der Waals surface area (Å²) in [6, 6.07) is 7.45. The molecule has 0 aliphatic carbocycles. The summed E-state index contributed by atoms with van der Waals surface area (Å²) in [5.41, 5.74) is 2.70. The van der Waals surface area contributed by atoms with Crippen LogP contribution in [0.2, 0.25) is 0 Å². The third-order valence-electron chi connectivity index (χ3n) is 10.7. The molecular formula is C46H64N2O12S. The highest BCUT2D eigenvalue weighted by atomic mass is 32.1. The fourth-order valence-corrected chi connectivity index (χ4v) is 8.44. The smallest absolute Gasteiger partial charge is 0.262 e. The van der Waals surface area contributed by atoms with Crippen LogP contribution in [0.15, 0.2) is 24.3 Å². The molecule has 0 saturated carbocycles. The Morgan fingerprint density at radius 2 is 0.852 bits per heavy atom. The second kappa shape index (κ2) is 26.1. The molecule has 0 spiro atoms. The van der Waals surface area contributed by atoms with Crippen LogP contribution in [0.3, 0.4) is 0 Å². The van der Waals surface area contributed by atoms with Crippen LogP contribution >= 0.6 is 11.3 Å². The molecular weight excluding hydrogens is 805 g/mol. The number of hydrogen-bond donors (Lipinski definition) is 0. The van der Waals surface area contributed by atoms with E-state index in [2.05, 4.69) is 0 Å². The molecule has 0 atom stereocenters. The molecule has 0 fully saturated rings. The summed E-state index contributed by atoms with van der Waals surface area (Å²) in [7, 11) is 3.27. The molecule has 0 unspecified atom stereocenters. The number of imide groups is 2. The average Bonchev–Trinajstić information content (AvgIpc) is 3.69. The monoisotopic (exact) mass is 868 g/mol. The molecule has 336 valence electrons. The summed E-state index contributed by atoms with van der Waals surface area (Å²) in [6.45, 7) is 11.8. The van der Waals surface area contributed by atoms with Gasteiger partial charge in [0, 0.05) is 77.7 Å². The third kappa shape index (κ3) is 13.4. The molecule has 0 saturated heterocycles. The highest BCUT2D eigenvalue weighted by Crippen LogP contribution is 2.45. The number of hydrogen-bond acceptors (Lipinski definition) is 13. The van der Waals surface area contributed by atoms with Crippen molar-refractivity contribution in [1.29, 1.82) is 0 Å². The van der Waals surface area contributed by atoms with Gasteiger partial charge in [0.15, 0.2) is 0 Å². The Balaban J connectivity index is 1.15. The number of ether oxygens (including phenoxy) is 8. The highest BCUT2D eigenvalue weighted by molar-refractivity contribution is 7.15. The zero-order valence-electron chi connectivity index (χ0n) is 36.5. The summed E-state index contributed by atoms with van der Waals surface area (Å²) < 4.78 is 43.1. The Morgan fingerprint density at radius 3 is 1.31 bits per heavy atom. The summed E-state index contributed by atoms with van der Waals surface area (Å²) >= 11 is 1.53. The maximum atomic E-state index is 14.5. The number of carbonyl (C=O) groups excluding carboxylic acids is 4. The molecule has 2 aliphatic heterocycles. The van der Waals surface area contributed by atoms with E-state index in [1.54, 1.807) is 33.3 Å². The van der Waals surface area contributed by atoms with Gasteiger partial charge in [-0.25, -0.2) is 0 Å². The van der Waals surface area contributed by atoms with Crippen LogP contribution in [-0.2, 0) is 37.9 Å². The van der Waals surface area contributed by atoms with Crippen molar-refractivity contribution in [1.82, 2.24) is 9.80 Å². The second-order valence-corrected chi connectivity index (χ2v) is 16.4.